The van der Waals surface area contributed by atoms with Crippen molar-refractivity contribution < 1.29 is 28.5 Å². The fourth-order valence-corrected chi connectivity index (χ4v) is 2.42. The summed E-state index contributed by atoms with van der Waals surface area (Å²) in [6, 6.07) is 8.37. The number of allylic oxidation sites excluding steroid dienone is 1. The largest absolute Gasteiger partial charge is 0.493 e. The van der Waals surface area contributed by atoms with Crippen LogP contribution in [-0.2, 0) is 0 Å². The number of carbonyl (C=O) groups is 1. The van der Waals surface area contributed by atoms with E-state index >= 15 is 0 Å². The van der Waals surface area contributed by atoms with Gasteiger partial charge in [-0.15, -0.1) is 0 Å². The van der Waals surface area contributed by atoms with Crippen molar-refractivity contribution in [2.75, 3.05) is 28.4 Å². The summed E-state index contributed by atoms with van der Waals surface area (Å²) in [7, 11) is 5.98. The van der Waals surface area contributed by atoms with Crippen LogP contribution in [0.15, 0.2) is 36.4 Å². The molecule has 0 spiro atoms. The number of methoxy groups -OCH3 is 4. The van der Waals surface area contributed by atoms with E-state index in [2.05, 4.69) is 0 Å². The summed E-state index contributed by atoms with van der Waals surface area (Å²) in [4.78, 5) is 12.6. The molecule has 2 aromatic rings. The average Bonchev–Trinajstić information content (AvgIpc) is 2.67. The van der Waals surface area contributed by atoms with Gasteiger partial charge in [0.05, 0.1) is 34.0 Å². The zero-order chi connectivity index (χ0) is 19.1. The number of hydrogen-bond acceptors (Lipinski definition) is 6. The van der Waals surface area contributed by atoms with E-state index in [1.165, 1.54) is 40.6 Å². The van der Waals surface area contributed by atoms with E-state index in [0.29, 0.717) is 28.7 Å². The third-order valence-corrected chi connectivity index (χ3v) is 3.65. The molecule has 0 fully saturated rings. The highest BCUT2D eigenvalue weighted by atomic mass is 16.6. The molecule has 26 heavy (non-hydrogen) atoms. The van der Waals surface area contributed by atoms with Crippen LogP contribution in [0, 0.1) is 0 Å². The van der Waals surface area contributed by atoms with Crippen molar-refractivity contribution in [3.63, 3.8) is 0 Å². The van der Waals surface area contributed by atoms with Gasteiger partial charge in [-0.1, -0.05) is 18.2 Å². The molecule has 0 atom stereocenters. The van der Waals surface area contributed by atoms with Crippen LogP contribution < -0.4 is 23.7 Å². The fourth-order valence-electron chi connectivity index (χ4n) is 2.42. The van der Waals surface area contributed by atoms with Crippen LogP contribution in [0.5, 0.6) is 28.7 Å². The van der Waals surface area contributed by atoms with Crippen molar-refractivity contribution in [3.8, 4) is 28.7 Å². The van der Waals surface area contributed by atoms with E-state index in [9.17, 15) is 4.79 Å². The third kappa shape index (κ3) is 4.08. The molecule has 0 amide bonds. The molecule has 0 radical (unpaired) electrons. The van der Waals surface area contributed by atoms with Gasteiger partial charge in [0.15, 0.2) is 23.0 Å². The normalized spacial score (nSPS) is 10.5. The molecule has 0 heterocycles. The first-order valence-electron chi connectivity index (χ1n) is 7.90. The molecule has 0 aliphatic carbocycles. The summed E-state index contributed by atoms with van der Waals surface area (Å²) in [5.74, 6) is 1.35. The molecule has 138 valence electrons. The highest BCUT2D eigenvalue weighted by Crippen LogP contribution is 2.38. The van der Waals surface area contributed by atoms with Crippen LogP contribution in [0.3, 0.4) is 0 Å². The fraction of sp³-hybridized carbons (Fsp3) is 0.250. The number of benzene rings is 2. The summed E-state index contributed by atoms with van der Waals surface area (Å²) >= 11 is 0. The van der Waals surface area contributed by atoms with Gasteiger partial charge < -0.3 is 23.7 Å². The molecule has 0 unspecified atom stereocenters. The van der Waals surface area contributed by atoms with Gasteiger partial charge in [0.1, 0.15) is 0 Å². The zero-order valence-electron chi connectivity index (χ0n) is 15.5. The molecule has 0 saturated carbocycles. The minimum Gasteiger partial charge on any atom is -0.493 e. The predicted octanol–water partition coefficient (Wildman–Crippen LogP) is 3.97. The lowest BCUT2D eigenvalue weighted by molar-refractivity contribution is 0.0729. The molecular weight excluding hydrogens is 336 g/mol. The first kappa shape index (κ1) is 19.2. The number of hydrogen-bond donors (Lipinski definition) is 0. The molecule has 2 rings (SSSR count). The molecule has 0 aliphatic rings. The Balaban J connectivity index is 2.35. The summed E-state index contributed by atoms with van der Waals surface area (Å²) in [5.41, 5.74) is 1.20. The second-order valence-electron chi connectivity index (χ2n) is 5.21. The number of carbonyl (C=O) groups excluding carboxylic acids is 1. The Kier molecular flexibility index (Phi) is 6.49. The quantitative estimate of drug-likeness (QED) is 0.551. The maximum Gasteiger partial charge on any atom is 0.343 e. The van der Waals surface area contributed by atoms with Crippen LogP contribution in [-0.4, -0.2) is 34.4 Å². The Morgan fingerprint density at radius 3 is 1.92 bits per heavy atom. The van der Waals surface area contributed by atoms with Gasteiger partial charge in [0, 0.05) is 0 Å². The Morgan fingerprint density at radius 1 is 0.808 bits per heavy atom. The molecule has 0 aliphatic heterocycles. The SMILES string of the molecule is CC=Cc1ccc(OC(=O)c2cc(OC)c(OC)c(OC)c2)c(OC)c1. The molecule has 6 heteroatoms. The van der Waals surface area contributed by atoms with Crippen LogP contribution in [0.1, 0.15) is 22.8 Å². The van der Waals surface area contributed by atoms with Gasteiger partial charge in [-0.2, -0.15) is 0 Å². The van der Waals surface area contributed by atoms with Crippen LogP contribution >= 0.6 is 0 Å². The lowest BCUT2D eigenvalue weighted by Gasteiger charge is -2.14. The topological polar surface area (TPSA) is 63.2 Å². The highest BCUT2D eigenvalue weighted by molar-refractivity contribution is 5.93. The average molecular weight is 358 g/mol. The highest BCUT2D eigenvalue weighted by Gasteiger charge is 2.19. The lowest BCUT2D eigenvalue weighted by atomic mass is 10.1. The molecule has 2 aromatic carbocycles. The predicted molar refractivity (Wildman–Crippen MR) is 98.8 cm³/mol. The molecule has 0 bridgehead atoms. The number of rotatable bonds is 7. The van der Waals surface area contributed by atoms with Gasteiger partial charge in [-0.25, -0.2) is 4.79 Å². The van der Waals surface area contributed by atoms with E-state index in [1.54, 1.807) is 12.1 Å². The minimum absolute atomic E-state index is 0.263. The van der Waals surface area contributed by atoms with Crippen molar-refractivity contribution in [1.82, 2.24) is 0 Å². The third-order valence-electron chi connectivity index (χ3n) is 3.65. The minimum atomic E-state index is -0.568. The molecule has 0 saturated heterocycles. The van der Waals surface area contributed by atoms with Crippen LogP contribution in [0.2, 0.25) is 0 Å². The van der Waals surface area contributed by atoms with E-state index in [1.807, 2.05) is 25.1 Å². The standard InChI is InChI=1S/C20H22O6/c1-6-7-13-8-9-15(16(10-13)22-2)26-20(21)14-11-17(23-3)19(25-5)18(12-14)24-4/h6-12H,1-5H3. The van der Waals surface area contributed by atoms with Crippen molar-refractivity contribution >= 4 is 12.0 Å². The number of ether oxygens (including phenoxy) is 5. The Labute approximate surface area is 152 Å². The summed E-state index contributed by atoms with van der Waals surface area (Å²) in [6.07, 6.45) is 3.84. The molecule has 6 nitrogen and oxygen atoms in total. The maximum absolute atomic E-state index is 12.6. The van der Waals surface area contributed by atoms with Crippen LogP contribution in [0.25, 0.3) is 6.08 Å². The second kappa shape index (κ2) is 8.80. The first-order chi connectivity index (χ1) is 12.6. The molecule has 0 aromatic heterocycles. The van der Waals surface area contributed by atoms with Gasteiger partial charge >= 0.3 is 5.97 Å². The monoisotopic (exact) mass is 358 g/mol. The van der Waals surface area contributed by atoms with Gasteiger partial charge in [-0.05, 0) is 36.8 Å². The zero-order valence-corrected chi connectivity index (χ0v) is 15.5. The Morgan fingerprint density at radius 2 is 1.42 bits per heavy atom. The van der Waals surface area contributed by atoms with Crippen LogP contribution in [0.4, 0.5) is 0 Å². The molecule has 0 N–H and O–H groups in total. The Bertz CT molecular complexity index is 785. The summed E-state index contributed by atoms with van der Waals surface area (Å²) < 4.78 is 26.6. The van der Waals surface area contributed by atoms with Crippen molar-refractivity contribution in [3.05, 3.63) is 47.5 Å². The lowest BCUT2D eigenvalue weighted by Crippen LogP contribution is -2.10. The second-order valence-corrected chi connectivity index (χ2v) is 5.21. The van der Waals surface area contributed by atoms with Crippen molar-refractivity contribution in [2.45, 2.75) is 6.92 Å². The van der Waals surface area contributed by atoms with Crippen molar-refractivity contribution in [2.24, 2.45) is 0 Å². The summed E-state index contributed by atoms with van der Waals surface area (Å²) in [6.45, 7) is 1.92. The van der Waals surface area contributed by atoms with E-state index in [-0.39, 0.29) is 5.56 Å². The summed E-state index contributed by atoms with van der Waals surface area (Å²) in [5, 5.41) is 0. The maximum atomic E-state index is 12.6. The molecular formula is C20H22O6. The van der Waals surface area contributed by atoms with Gasteiger partial charge in [0.25, 0.3) is 0 Å². The number of esters is 1. The Hall–Kier alpha value is -3.15. The first-order valence-corrected chi connectivity index (χ1v) is 7.90. The van der Waals surface area contributed by atoms with Crippen molar-refractivity contribution in [1.29, 1.82) is 0 Å². The smallest absolute Gasteiger partial charge is 0.343 e. The van der Waals surface area contributed by atoms with E-state index in [4.69, 9.17) is 23.7 Å². The van der Waals surface area contributed by atoms with E-state index < -0.39 is 5.97 Å². The van der Waals surface area contributed by atoms with Gasteiger partial charge in [-0.3, -0.25) is 0 Å². The van der Waals surface area contributed by atoms with Gasteiger partial charge in [0.2, 0.25) is 5.75 Å². The van der Waals surface area contributed by atoms with E-state index in [0.717, 1.165) is 5.56 Å².